The lowest BCUT2D eigenvalue weighted by atomic mass is 10.2. The first-order valence-corrected chi connectivity index (χ1v) is 6.02. The van der Waals surface area contributed by atoms with Gasteiger partial charge in [0.1, 0.15) is 11.5 Å². The van der Waals surface area contributed by atoms with Crippen molar-refractivity contribution < 1.29 is 4.74 Å². The first kappa shape index (κ1) is 11.5. The molecule has 3 heteroatoms. The van der Waals surface area contributed by atoms with E-state index in [4.69, 9.17) is 16.3 Å². The highest BCUT2D eigenvalue weighted by atomic mass is 79.9. The third-order valence-corrected chi connectivity index (χ3v) is 3.09. The van der Waals surface area contributed by atoms with Crippen LogP contribution in [0.3, 0.4) is 0 Å². The molecule has 0 amide bonds. The second kappa shape index (κ2) is 4.89. The number of benzene rings is 2. The maximum Gasteiger partial charge on any atom is 0.146 e. The smallest absolute Gasteiger partial charge is 0.146 e. The minimum Gasteiger partial charge on any atom is -0.455 e. The molecule has 16 heavy (non-hydrogen) atoms. The molecule has 0 aliphatic heterocycles. The van der Waals surface area contributed by atoms with Crippen molar-refractivity contribution in [2.45, 2.75) is 6.92 Å². The summed E-state index contributed by atoms with van der Waals surface area (Å²) in [5.74, 6) is 1.42. The van der Waals surface area contributed by atoms with Gasteiger partial charge in [0.25, 0.3) is 0 Å². The van der Waals surface area contributed by atoms with Crippen molar-refractivity contribution in [2.75, 3.05) is 0 Å². The Kier molecular flexibility index (Phi) is 3.52. The Bertz CT molecular complexity index is 511. The number of hydrogen-bond acceptors (Lipinski definition) is 1. The molecule has 0 radical (unpaired) electrons. The normalized spacial score (nSPS) is 10.2. The van der Waals surface area contributed by atoms with Crippen LogP contribution in [0.5, 0.6) is 11.5 Å². The number of rotatable bonds is 2. The van der Waals surface area contributed by atoms with Gasteiger partial charge in [0, 0.05) is 0 Å². The molecule has 0 N–H and O–H groups in total. The summed E-state index contributed by atoms with van der Waals surface area (Å²) in [5, 5.41) is 0.621. The largest absolute Gasteiger partial charge is 0.455 e. The summed E-state index contributed by atoms with van der Waals surface area (Å²) in [5.41, 5.74) is 1.12. The van der Waals surface area contributed by atoms with E-state index in [9.17, 15) is 0 Å². The molecule has 0 heterocycles. The van der Waals surface area contributed by atoms with Gasteiger partial charge in [0.05, 0.1) is 9.50 Å². The van der Waals surface area contributed by atoms with Gasteiger partial charge < -0.3 is 4.74 Å². The quantitative estimate of drug-likeness (QED) is 0.740. The Morgan fingerprint density at radius 3 is 2.50 bits per heavy atom. The highest BCUT2D eigenvalue weighted by Gasteiger charge is 2.05. The second-order valence-electron chi connectivity index (χ2n) is 3.47. The Morgan fingerprint density at radius 2 is 1.81 bits per heavy atom. The SMILES string of the molecule is Cc1ccc(Oc2ccccc2Br)c(Cl)c1. The zero-order valence-corrected chi connectivity index (χ0v) is 11.0. The Hall–Kier alpha value is -0.990. The van der Waals surface area contributed by atoms with E-state index in [1.807, 2.05) is 49.4 Å². The van der Waals surface area contributed by atoms with Crippen LogP contribution < -0.4 is 4.74 Å². The third kappa shape index (κ3) is 2.57. The summed E-state index contributed by atoms with van der Waals surface area (Å²) in [6.07, 6.45) is 0. The van der Waals surface area contributed by atoms with Gasteiger partial charge in [-0.25, -0.2) is 0 Å². The zero-order valence-electron chi connectivity index (χ0n) is 8.71. The van der Waals surface area contributed by atoms with Crippen LogP contribution in [0.25, 0.3) is 0 Å². The Morgan fingerprint density at radius 1 is 1.06 bits per heavy atom. The van der Waals surface area contributed by atoms with Crippen molar-refractivity contribution >= 4 is 27.5 Å². The summed E-state index contributed by atoms with van der Waals surface area (Å²) in [6.45, 7) is 1.99. The van der Waals surface area contributed by atoms with Crippen LogP contribution in [0.2, 0.25) is 5.02 Å². The standard InChI is InChI=1S/C13H10BrClO/c1-9-6-7-13(11(15)8-9)16-12-5-3-2-4-10(12)14/h2-8H,1H3. The van der Waals surface area contributed by atoms with E-state index in [0.717, 1.165) is 15.8 Å². The van der Waals surface area contributed by atoms with Crippen molar-refractivity contribution in [1.82, 2.24) is 0 Å². The summed E-state index contributed by atoms with van der Waals surface area (Å²) >= 11 is 9.52. The van der Waals surface area contributed by atoms with Crippen molar-refractivity contribution in [3.63, 3.8) is 0 Å². The molecule has 2 aromatic carbocycles. The van der Waals surface area contributed by atoms with Gasteiger partial charge >= 0.3 is 0 Å². The highest BCUT2D eigenvalue weighted by molar-refractivity contribution is 9.10. The minimum atomic E-state index is 0.621. The van der Waals surface area contributed by atoms with Gasteiger partial charge in [-0.1, -0.05) is 29.8 Å². The highest BCUT2D eigenvalue weighted by Crippen LogP contribution is 2.33. The summed E-state index contributed by atoms with van der Waals surface area (Å²) in [7, 11) is 0. The zero-order chi connectivity index (χ0) is 11.5. The summed E-state index contributed by atoms with van der Waals surface area (Å²) in [6, 6.07) is 13.4. The maximum atomic E-state index is 6.09. The van der Waals surface area contributed by atoms with E-state index >= 15 is 0 Å². The number of ether oxygens (including phenoxy) is 1. The maximum absolute atomic E-state index is 6.09. The molecule has 0 atom stereocenters. The van der Waals surface area contributed by atoms with Crippen LogP contribution in [-0.2, 0) is 0 Å². The van der Waals surface area contributed by atoms with Crippen LogP contribution in [0.4, 0.5) is 0 Å². The number of halogens is 2. The van der Waals surface area contributed by atoms with Crippen LogP contribution >= 0.6 is 27.5 Å². The molecule has 0 aliphatic rings. The molecule has 0 fully saturated rings. The average Bonchev–Trinajstić information content (AvgIpc) is 2.25. The molecule has 0 saturated carbocycles. The van der Waals surface area contributed by atoms with Crippen LogP contribution in [-0.4, -0.2) is 0 Å². The fourth-order valence-electron chi connectivity index (χ4n) is 1.33. The topological polar surface area (TPSA) is 9.23 Å². The monoisotopic (exact) mass is 296 g/mol. The van der Waals surface area contributed by atoms with E-state index in [0.29, 0.717) is 10.8 Å². The predicted molar refractivity (Wildman–Crippen MR) is 70.4 cm³/mol. The van der Waals surface area contributed by atoms with E-state index in [1.165, 1.54) is 0 Å². The Labute approximate surface area is 108 Å². The van der Waals surface area contributed by atoms with Gasteiger partial charge in [-0.3, -0.25) is 0 Å². The van der Waals surface area contributed by atoms with Crippen molar-refractivity contribution in [3.8, 4) is 11.5 Å². The second-order valence-corrected chi connectivity index (χ2v) is 4.73. The summed E-state index contributed by atoms with van der Waals surface area (Å²) in [4.78, 5) is 0. The molecule has 0 aliphatic carbocycles. The molecule has 0 aromatic heterocycles. The molecule has 0 saturated heterocycles. The van der Waals surface area contributed by atoms with Gasteiger partial charge in [0.15, 0.2) is 0 Å². The minimum absolute atomic E-state index is 0.621. The molecule has 0 spiro atoms. The fraction of sp³-hybridized carbons (Fsp3) is 0.0769. The van der Waals surface area contributed by atoms with Gasteiger partial charge in [-0.05, 0) is 52.7 Å². The molecule has 0 bridgehead atoms. The van der Waals surface area contributed by atoms with Crippen LogP contribution in [0.1, 0.15) is 5.56 Å². The molecular weight excluding hydrogens is 287 g/mol. The lowest BCUT2D eigenvalue weighted by Gasteiger charge is -2.09. The van der Waals surface area contributed by atoms with Crippen molar-refractivity contribution in [3.05, 3.63) is 57.5 Å². The van der Waals surface area contributed by atoms with Gasteiger partial charge in [-0.2, -0.15) is 0 Å². The van der Waals surface area contributed by atoms with Crippen LogP contribution in [0, 0.1) is 6.92 Å². The van der Waals surface area contributed by atoms with E-state index < -0.39 is 0 Å². The molecule has 82 valence electrons. The lowest BCUT2D eigenvalue weighted by molar-refractivity contribution is 0.480. The van der Waals surface area contributed by atoms with Crippen molar-refractivity contribution in [2.24, 2.45) is 0 Å². The van der Waals surface area contributed by atoms with Crippen LogP contribution in [0.15, 0.2) is 46.9 Å². The van der Waals surface area contributed by atoms with E-state index in [2.05, 4.69) is 15.9 Å². The van der Waals surface area contributed by atoms with Crippen molar-refractivity contribution in [1.29, 1.82) is 0 Å². The molecule has 2 aromatic rings. The first-order chi connectivity index (χ1) is 7.66. The average molecular weight is 298 g/mol. The van der Waals surface area contributed by atoms with Gasteiger partial charge in [-0.15, -0.1) is 0 Å². The molecule has 0 unspecified atom stereocenters. The number of para-hydroxylation sites is 1. The van der Waals surface area contributed by atoms with E-state index in [1.54, 1.807) is 0 Å². The summed E-state index contributed by atoms with van der Waals surface area (Å²) < 4.78 is 6.63. The number of hydrogen-bond donors (Lipinski definition) is 0. The first-order valence-electron chi connectivity index (χ1n) is 4.85. The molecule has 1 nitrogen and oxygen atoms in total. The predicted octanol–water partition coefficient (Wildman–Crippen LogP) is 5.20. The molecule has 2 rings (SSSR count). The van der Waals surface area contributed by atoms with Gasteiger partial charge in [0.2, 0.25) is 0 Å². The number of aryl methyl sites for hydroxylation is 1. The Balaban J connectivity index is 2.31. The fourth-order valence-corrected chi connectivity index (χ4v) is 1.97. The molecular formula is C13H10BrClO. The lowest BCUT2D eigenvalue weighted by Crippen LogP contribution is -1.86. The van der Waals surface area contributed by atoms with E-state index in [-0.39, 0.29) is 0 Å². The third-order valence-electron chi connectivity index (χ3n) is 2.14.